The Bertz CT molecular complexity index is 1700. The Labute approximate surface area is 235 Å². The standard InChI is InChI=1S/C28H19ClF3N3O4S/c1-39-26(37)18-4-2-3-17(10-18)14-34-25(36)24(40-27(34)38)11-16-5-8-23-20(9-16)13-33-35(23)15-19-6-7-21(29)12-22(19)28(30,31)32/h2-13H,14-15H2,1H3/b24-11-. The van der Waals surface area contributed by atoms with Crippen LogP contribution in [-0.4, -0.2) is 38.9 Å². The summed E-state index contributed by atoms with van der Waals surface area (Å²) in [5.74, 6) is -1.000. The molecule has 1 fully saturated rings. The van der Waals surface area contributed by atoms with Crippen molar-refractivity contribution in [3.05, 3.63) is 105 Å². The predicted octanol–water partition coefficient (Wildman–Crippen LogP) is 6.78. The maximum absolute atomic E-state index is 13.5. The summed E-state index contributed by atoms with van der Waals surface area (Å²) in [6, 6.07) is 15.2. The molecule has 0 unspecified atom stereocenters. The third kappa shape index (κ3) is 5.61. The molecule has 0 spiro atoms. The van der Waals surface area contributed by atoms with Crippen LogP contribution in [0.25, 0.3) is 17.0 Å². The van der Waals surface area contributed by atoms with Crippen molar-refractivity contribution >= 4 is 57.5 Å². The highest BCUT2D eigenvalue weighted by molar-refractivity contribution is 8.18. The lowest BCUT2D eigenvalue weighted by Crippen LogP contribution is -2.27. The molecule has 2 heterocycles. The van der Waals surface area contributed by atoms with Crippen LogP contribution < -0.4 is 0 Å². The van der Waals surface area contributed by atoms with E-state index in [1.165, 1.54) is 30.1 Å². The lowest BCUT2D eigenvalue weighted by molar-refractivity contribution is -0.138. The van der Waals surface area contributed by atoms with Crippen LogP contribution in [0.1, 0.15) is 32.6 Å². The van der Waals surface area contributed by atoms with E-state index in [4.69, 9.17) is 16.3 Å². The molecular weight excluding hydrogens is 567 g/mol. The SMILES string of the molecule is COC(=O)c1cccc(CN2C(=O)S/C(=C\c3ccc4c(cnn4Cc4ccc(Cl)cc4C(F)(F)F)c3)C2=O)c1. The second kappa shape index (κ2) is 10.8. The zero-order valence-electron chi connectivity index (χ0n) is 20.7. The Morgan fingerprint density at radius 2 is 1.88 bits per heavy atom. The largest absolute Gasteiger partial charge is 0.465 e. The number of ether oxygens (including phenoxy) is 1. The molecular formula is C28H19ClF3N3O4S. The van der Waals surface area contributed by atoms with Gasteiger partial charge in [-0.15, -0.1) is 0 Å². The highest BCUT2D eigenvalue weighted by Crippen LogP contribution is 2.36. The second-order valence-electron chi connectivity index (χ2n) is 8.88. The number of esters is 1. The molecule has 1 aliphatic rings. The summed E-state index contributed by atoms with van der Waals surface area (Å²) in [5, 5.41) is 4.44. The third-order valence-electron chi connectivity index (χ3n) is 6.22. The van der Waals surface area contributed by atoms with E-state index in [1.54, 1.807) is 48.5 Å². The maximum Gasteiger partial charge on any atom is 0.416 e. The number of hydrogen-bond donors (Lipinski definition) is 0. The van der Waals surface area contributed by atoms with Crippen molar-refractivity contribution in [1.29, 1.82) is 0 Å². The lowest BCUT2D eigenvalue weighted by Gasteiger charge is -2.14. The number of benzene rings is 3. The van der Waals surface area contributed by atoms with Crippen molar-refractivity contribution in [2.75, 3.05) is 7.11 Å². The summed E-state index contributed by atoms with van der Waals surface area (Å²) in [7, 11) is 1.27. The zero-order chi connectivity index (χ0) is 28.6. The van der Waals surface area contributed by atoms with Crippen molar-refractivity contribution < 1.29 is 32.3 Å². The fourth-order valence-corrected chi connectivity index (χ4v) is 5.33. The molecule has 5 rings (SSSR count). The number of nitrogens with zero attached hydrogens (tertiary/aromatic N) is 3. The number of aromatic nitrogens is 2. The van der Waals surface area contributed by atoms with Crippen LogP contribution in [0, 0.1) is 0 Å². The molecule has 1 aromatic heterocycles. The van der Waals surface area contributed by atoms with Gasteiger partial charge in [-0.25, -0.2) is 4.79 Å². The minimum absolute atomic E-state index is 0.00910. The topological polar surface area (TPSA) is 81.5 Å². The number of hydrogen-bond acceptors (Lipinski definition) is 6. The van der Waals surface area contributed by atoms with Gasteiger partial charge in [0.2, 0.25) is 0 Å². The maximum atomic E-state index is 13.5. The van der Waals surface area contributed by atoms with Crippen molar-refractivity contribution in [1.82, 2.24) is 14.7 Å². The minimum atomic E-state index is -4.57. The van der Waals surface area contributed by atoms with Crippen LogP contribution in [0.2, 0.25) is 5.02 Å². The van der Waals surface area contributed by atoms with Crippen LogP contribution >= 0.6 is 23.4 Å². The van der Waals surface area contributed by atoms with E-state index >= 15 is 0 Å². The molecule has 12 heteroatoms. The summed E-state index contributed by atoms with van der Waals surface area (Å²) in [5.41, 5.74) is 1.31. The first-order valence-corrected chi connectivity index (χ1v) is 13.0. The highest BCUT2D eigenvalue weighted by Gasteiger charge is 2.35. The Balaban J connectivity index is 1.36. The molecule has 7 nitrogen and oxygen atoms in total. The van der Waals surface area contributed by atoms with E-state index in [9.17, 15) is 27.6 Å². The quantitative estimate of drug-likeness (QED) is 0.183. The van der Waals surface area contributed by atoms with Gasteiger partial charge in [-0.3, -0.25) is 19.2 Å². The van der Waals surface area contributed by atoms with Crippen LogP contribution in [0.15, 0.2) is 71.8 Å². The number of alkyl halides is 3. The van der Waals surface area contributed by atoms with Gasteiger partial charge in [0.15, 0.2) is 0 Å². The van der Waals surface area contributed by atoms with Gasteiger partial charge in [-0.1, -0.05) is 35.9 Å². The zero-order valence-corrected chi connectivity index (χ0v) is 22.3. The summed E-state index contributed by atoms with van der Waals surface area (Å²) in [4.78, 5) is 38.7. The van der Waals surface area contributed by atoms with Gasteiger partial charge >= 0.3 is 12.1 Å². The van der Waals surface area contributed by atoms with E-state index in [0.717, 1.165) is 22.7 Å². The number of fused-ring (bicyclic) bond motifs is 1. The smallest absolute Gasteiger partial charge is 0.416 e. The number of imide groups is 1. The molecule has 1 saturated heterocycles. The number of carbonyl (C=O) groups is 3. The van der Waals surface area contributed by atoms with Crippen LogP contribution in [0.4, 0.5) is 18.0 Å². The molecule has 0 radical (unpaired) electrons. The molecule has 0 saturated carbocycles. The lowest BCUT2D eigenvalue weighted by atomic mass is 10.1. The van der Waals surface area contributed by atoms with Gasteiger partial charge in [-0.2, -0.15) is 18.3 Å². The van der Waals surface area contributed by atoms with E-state index in [2.05, 4.69) is 5.10 Å². The molecule has 0 N–H and O–H groups in total. The summed E-state index contributed by atoms with van der Waals surface area (Å²) in [6.45, 7) is -0.131. The average molecular weight is 586 g/mol. The number of methoxy groups -OCH3 is 1. The third-order valence-corrected chi connectivity index (χ3v) is 7.37. The first-order chi connectivity index (χ1) is 19.0. The molecule has 4 aromatic rings. The number of rotatable bonds is 6. The van der Waals surface area contributed by atoms with Crippen LogP contribution in [0.5, 0.6) is 0 Å². The Morgan fingerprint density at radius 3 is 2.62 bits per heavy atom. The first kappa shape index (κ1) is 27.5. The normalized spacial score (nSPS) is 14.9. The van der Waals surface area contributed by atoms with Gasteiger partial charge in [-0.05, 0) is 70.9 Å². The fraction of sp³-hybridized carbons (Fsp3) is 0.143. The highest BCUT2D eigenvalue weighted by atomic mass is 35.5. The molecule has 0 aliphatic carbocycles. The van der Waals surface area contributed by atoms with Gasteiger partial charge < -0.3 is 4.74 Å². The minimum Gasteiger partial charge on any atom is -0.465 e. The van der Waals surface area contributed by atoms with E-state index in [-0.39, 0.29) is 28.6 Å². The molecule has 40 heavy (non-hydrogen) atoms. The fourth-order valence-electron chi connectivity index (χ4n) is 4.32. The van der Waals surface area contributed by atoms with Crippen molar-refractivity contribution in [2.24, 2.45) is 0 Å². The molecule has 204 valence electrons. The second-order valence-corrected chi connectivity index (χ2v) is 10.3. The Morgan fingerprint density at radius 1 is 1.07 bits per heavy atom. The number of amides is 2. The average Bonchev–Trinajstić information content (AvgIpc) is 3.43. The van der Waals surface area contributed by atoms with Crippen LogP contribution in [-0.2, 0) is 28.8 Å². The van der Waals surface area contributed by atoms with Crippen molar-refractivity contribution in [3.8, 4) is 0 Å². The van der Waals surface area contributed by atoms with E-state index < -0.39 is 28.9 Å². The van der Waals surface area contributed by atoms with Gasteiger partial charge in [0.1, 0.15) is 0 Å². The molecule has 0 bridgehead atoms. The summed E-state index contributed by atoms with van der Waals surface area (Å²) < 4.78 is 46.7. The molecule has 3 aromatic carbocycles. The van der Waals surface area contributed by atoms with E-state index in [0.29, 0.717) is 27.6 Å². The molecule has 0 atom stereocenters. The Kier molecular flexibility index (Phi) is 7.43. The predicted molar refractivity (Wildman–Crippen MR) is 145 cm³/mol. The van der Waals surface area contributed by atoms with E-state index in [1.807, 2.05) is 0 Å². The van der Waals surface area contributed by atoms with Crippen molar-refractivity contribution in [3.63, 3.8) is 0 Å². The number of carbonyl (C=O) groups excluding carboxylic acids is 3. The summed E-state index contributed by atoms with van der Waals surface area (Å²) in [6.07, 6.45) is -1.47. The van der Waals surface area contributed by atoms with Gasteiger partial charge in [0.25, 0.3) is 11.1 Å². The molecule has 1 aliphatic heterocycles. The van der Waals surface area contributed by atoms with Crippen LogP contribution in [0.3, 0.4) is 0 Å². The first-order valence-electron chi connectivity index (χ1n) is 11.8. The number of thioether (sulfide) groups is 1. The van der Waals surface area contributed by atoms with Crippen molar-refractivity contribution in [2.45, 2.75) is 19.3 Å². The monoisotopic (exact) mass is 585 g/mol. The molecule has 2 amide bonds. The Hall–Kier alpha value is -4.09. The summed E-state index contributed by atoms with van der Waals surface area (Å²) >= 11 is 6.58. The number of halogens is 4. The van der Waals surface area contributed by atoms with Gasteiger partial charge in [0.05, 0.1) is 47.9 Å². The van der Waals surface area contributed by atoms with Gasteiger partial charge in [0, 0.05) is 10.4 Å².